The van der Waals surface area contributed by atoms with Crippen molar-refractivity contribution in [3.63, 3.8) is 0 Å². The van der Waals surface area contributed by atoms with E-state index in [-0.39, 0.29) is 7.12 Å². The molecule has 1 spiro atoms. The summed E-state index contributed by atoms with van der Waals surface area (Å²) >= 11 is 2.16. The Labute approximate surface area is 407 Å². The van der Waals surface area contributed by atoms with E-state index in [2.05, 4.69) is 254 Å². The van der Waals surface area contributed by atoms with Crippen LogP contribution in [0.15, 0.2) is 217 Å². The Hall–Kier alpha value is -7.30. The molecule has 69 heavy (non-hydrogen) atoms. The Bertz CT molecular complexity index is 3730. The van der Waals surface area contributed by atoms with Gasteiger partial charge in [-0.15, -0.1) is 0 Å². The van der Waals surface area contributed by atoms with Crippen LogP contribution >= 0.6 is 18.5 Å². The van der Waals surface area contributed by atoms with Crippen LogP contribution in [0, 0.1) is 5.92 Å². The third-order valence-electron chi connectivity index (χ3n) is 15.5. The Balaban J connectivity index is 1.05. The van der Waals surface area contributed by atoms with Gasteiger partial charge < -0.3 is 0 Å². The summed E-state index contributed by atoms with van der Waals surface area (Å²) < 4.78 is 4.62. The first-order valence-corrected chi connectivity index (χ1v) is 27.0. The predicted molar refractivity (Wildman–Crippen MR) is 289 cm³/mol. The van der Waals surface area contributed by atoms with Gasteiger partial charge >= 0.3 is 0 Å². The number of hydrogen-bond donors (Lipinski definition) is 0. The van der Waals surface area contributed by atoms with E-state index < -0.39 is 5.41 Å². The van der Waals surface area contributed by atoms with Crippen molar-refractivity contribution in [1.82, 2.24) is 19.1 Å². The van der Waals surface area contributed by atoms with Crippen LogP contribution in [0.3, 0.4) is 0 Å². The lowest BCUT2D eigenvalue weighted by Gasteiger charge is -2.50. The number of fused-ring (bicyclic) bond motifs is 12. The van der Waals surface area contributed by atoms with E-state index in [0.717, 1.165) is 67.7 Å². The smallest absolute Gasteiger partial charge is 0.145 e. The zero-order valence-corrected chi connectivity index (χ0v) is 40.3. The molecule has 0 amide bonds. The average molecular weight is 923 g/mol. The molecule has 0 bridgehead atoms. The number of nitrogens with zero attached hydrogens (tertiary/aromatic N) is 4. The van der Waals surface area contributed by atoms with Gasteiger partial charge in [-0.1, -0.05) is 172 Å². The molecule has 9 aromatic carbocycles. The molecule has 6 heteroatoms. The van der Waals surface area contributed by atoms with Gasteiger partial charge in [-0.25, -0.2) is 9.97 Å². The number of para-hydroxylation sites is 6. The lowest BCUT2D eigenvalue weighted by Crippen LogP contribution is -2.39. The van der Waals surface area contributed by atoms with Gasteiger partial charge in [-0.05, 0) is 147 Å². The zero-order chi connectivity index (χ0) is 46.0. The highest BCUT2D eigenvalue weighted by molar-refractivity contribution is 8.56. The van der Waals surface area contributed by atoms with Crippen molar-refractivity contribution >= 4 is 40.6 Å². The van der Waals surface area contributed by atoms with Crippen molar-refractivity contribution in [2.24, 2.45) is 5.92 Å². The molecule has 3 aliphatic rings. The number of imidazole rings is 2. The molecule has 2 aliphatic carbocycles. The van der Waals surface area contributed by atoms with Gasteiger partial charge in [0.15, 0.2) is 0 Å². The number of aromatic nitrogens is 4. The number of rotatable bonds is 7. The molecule has 14 rings (SSSR count). The third-order valence-corrected chi connectivity index (χ3v) is 22.0. The fraction of sp³-hybridized carbons (Fsp3) is 0.111. The molecule has 1 saturated heterocycles. The molecule has 3 atom stereocenters. The van der Waals surface area contributed by atoms with Crippen molar-refractivity contribution in [2.45, 2.75) is 36.2 Å². The third kappa shape index (κ3) is 5.87. The van der Waals surface area contributed by atoms with Crippen molar-refractivity contribution in [3.8, 4) is 67.5 Å². The highest BCUT2D eigenvalue weighted by Crippen LogP contribution is 2.75. The van der Waals surface area contributed by atoms with E-state index in [4.69, 9.17) is 9.97 Å². The Morgan fingerprint density at radius 2 is 0.913 bits per heavy atom. The molecule has 0 saturated carbocycles. The Morgan fingerprint density at radius 1 is 0.464 bits per heavy atom. The van der Waals surface area contributed by atoms with Crippen molar-refractivity contribution in [3.05, 3.63) is 235 Å². The van der Waals surface area contributed by atoms with Crippen molar-refractivity contribution in [1.29, 1.82) is 0 Å². The van der Waals surface area contributed by atoms with Gasteiger partial charge in [0.2, 0.25) is 0 Å². The highest BCUT2D eigenvalue weighted by atomic mass is 32.7. The maximum Gasteiger partial charge on any atom is 0.145 e. The van der Waals surface area contributed by atoms with E-state index >= 15 is 0 Å². The van der Waals surface area contributed by atoms with E-state index in [9.17, 15) is 0 Å². The summed E-state index contributed by atoms with van der Waals surface area (Å²) in [5.74, 6) is 2.51. The second-order valence-corrected chi connectivity index (χ2v) is 24.2. The molecule has 0 radical (unpaired) electrons. The summed E-state index contributed by atoms with van der Waals surface area (Å²) in [5, 5.41) is 0.351. The molecule has 330 valence electrons. The van der Waals surface area contributed by atoms with Gasteiger partial charge in [0.05, 0.1) is 27.5 Å². The maximum atomic E-state index is 5.46. The first kappa shape index (κ1) is 40.7. The molecule has 0 N–H and O–H groups in total. The first-order valence-electron chi connectivity index (χ1n) is 24.0. The molecule has 3 heterocycles. The SMILES string of the molecule is CC1CP(Sc2cccc3c2-c2ccccc2C32c3ccccc3-c3c(-c4cc(-c5nc6ccccc6n5-c5ccccc5)cc(-c5nc6ccccc6n5-c5ccccc5)c4)cccc32)C1(C)C. The summed E-state index contributed by atoms with van der Waals surface area (Å²) in [6.45, 7) is 7.40. The van der Waals surface area contributed by atoms with Crippen LogP contribution in [0.5, 0.6) is 0 Å². The largest absolute Gasteiger partial charge is 0.292 e. The summed E-state index contributed by atoms with van der Waals surface area (Å²) in [4.78, 5) is 12.3. The van der Waals surface area contributed by atoms with Gasteiger partial charge in [-0.3, -0.25) is 9.13 Å². The minimum Gasteiger partial charge on any atom is -0.292 e. The number of benzene rings is 9. The van der Waals surface area contributed by atoms with Gasteiger partial charge in [0.1, 0.15) is 11.6 Å². The van der Waals surface area contributed by atoms with Crippen LogP contribution in [-0.4, -0.2) is 30.4 Å². The molecule has 1 aliphatic heterocycles. The number of hydrogen-bond acceptors (Lipinski definition) is 3. The van der Waals surface area contributed by atoms with Crippen LogP contribution in [-0.2, 0) is 5.41 Å². The topological polar surface area (TPSA) is 35.6 Å². The minimum atomic E-state index is -0.483. The fourth-order valence-electron chi connectivity index (χ4n) is 11.8. The standard InChI is InChI=1S/C63H47N4PS/c1-40-39-68(62(40,2)3)69-57-35-19-30-52-59(57)48-25-11-13-28-50(48)63(52)49-27-12-10-24-47(49)58-46(26-18-29-51(58)63)41-36-42(60-64-53-31-14-16-33-55(53)66(60)44-20-6-4-7-21-44)38-43(37-41)61-65-54-32-15-17-34-56(54)67(61)45-22-8-5-9-23-45/h4-38,40H,39H2,1-3H3. The molecule has 4 nitrogen and oxygen atoms in total. The Morgan fingerprint density at radius 3 is 1.48 bits per heavy atom. The van der Waals surface area contributed by atoms with E-state index in [1.807, 2.05) is 0 Å². The second kappa shape index (κ2) is 15.4. The van der Waals surface area contributed by atoms with Crippen LogP contribution in [0.2, 0.25) is 0 Å². The van der Waals surface area contributed by atoms with Crippen LogP contribution in [0.25, 0.3) is 89.6 Å². The zero-order valence-electron chi connectivity index (χ0n) is 38.6. The molecular formula is C63H47N4PS. The molecule has 3 unspecified atom stereocenters. The van der Waals surface area contributed by atoms with E-state index in [1.165, 1.54) is 61.1 Å². The van der Waals surface area contributed by atoms with Gasteiger partial charge in [0, 0.05) is 33.0 Å². The van der Waals surface area contributed by atoms with Gasteiger partial charge in [0.25, 0.3) is 0 Å². The second-order valence-electron chi connectivity index (χ2n) is 19.4. The van der Waals surface area contributed by atoms with Crippen LogP contribution < -0.4 is 0 Å². The minimum absolute atomic E-state index is 0.208. The molecule has 2 aromatic heterocycles. The average Bonchev–Trinajstić information content (AvgIpc) is 4.15. The van der Waals surface area contributed by atoms with Gasteiger partial charge in [-0.2, -0.15) is 0 Å². The predicted octanol–water partition coefficient (Wildman–Crippen LogP) is 16.6. The molecule has 1 fully saturated rings. The normalized spacial score (nSPS) is 18.2. The maximum absolute atomic E-state index is 5.46. The van der Waals surface area contributed by atoms with E-state index in [0.29, 0.717) is 5.16 Å². The first-order chi connectivity index (χ1) is 33.9. The summed E-state index contributed by atoms with van der Waals surface area (Å²) in [7, 11) is -0.208. The molecule has 11 aromatic rings. The van der Waals surface area contributed by atoms with Crippen LogP contribution in [0.1, 0.15) is 43.0 Å². The van der Waals surface area contributed by atoms with Crippen molar-refractivity contribution in [2.75, 3.05) is 6.16 Å². The highest BCUT2D eigenvalue weighted by Gasteiger charge is 2.53. The van der Waals surface area contributed by atoms with Crippen molar-refractivity contribution < 1.29 is 0 Å². The molecular weight excluding hydrogens is 876 g/mol. The quantitative estimate of drug-likeness (QED) is 0.149. The summed E-state index contributed by atoms with van der Waals surface area (Å²) in [5.41, 5.74) is 20.8. The summed E-state index contributed by atoms with van der Waals surface area (Å²) in [6.07, 6.45) is 1.31. The fourth-order valence-corrected chi connectivity index (χ4v) is 17.8. The lowest BCUT2D eigenvalue weighted by molar-refractivity contribution is 0.457. The monoisotopic (exact) mass is 922 g/mol. The summed E-state index contributed by atoms with van der Waals surface area (Å²) in [6, 6.07) is 78.0. The Kier molecular flexibility index (Phi) is 9.07. The van der Waals surface area contributed by atoms with E-state index in [1.54, 1.807) is 0 Å². The lowest BCUT2D eigenvalue weighted by atomic mass is 9.70. The van der Waals surface area contributed by atoms with Crippen LogP contribution in [0.4, 0.5) is 0 Å².